The van der Waals surface area contributed by atoms with E-state index < -0.39 is 12.0 Å². The molecule has 3 aliphatic rings. The lowest BCUT2D eigenvalue weighted by Gasteiger charge is -2.25. The summed E-state index contributed by atoms with van der Waals surface area (Å²) in [7, 11) is 0. The lowest BCUT2D eigenvalue weighted by molar-refractivity contribution is -0.140. The van der Waals surface area contributed by atoms with Crippen LogP contribution in [0.2, 0.25) is 5.02 Å². The highest BCUT2D eigenvalue weighted by Crippen LogP contribution is 2.54. The number of pyridine rings is 1. The van der Waals surface area contributed by atoms with Gasteiger partial charge in [-0.25, -0.2) is 4.79 Å². The summed E-state index contributed by atoms with van der Waals surface area (Å²) >= 11 is 6.34. The van der Waals surface area contributed by atoms with E-state index in [0.717, 1.165) is 41.5 Å². The SMILES string of the molecule is CCC(C(=O)Cc1ccc(C2=NOC(=O)C2)cc1)n1cc2c(cc1=O)-c1cc(Cl)ccc1CC1(CC1)CC2=O. The van der Waals surface area contributed by atoms with Crippen LogP contribution in [0.5, 0.6) is 0 Å². The van der Waals surface area contributed by atoms with Gasteiger partial charge < -0.3 is 9.40 Å². The van der Waals surface area contributed by atoms with Crippen LogP contribution in [0.4, 0.5) is 0 Å². The van der Waals surface area contributed by atoms with Crippen molar-refractivity contribution in [2.24, 2.45) is 10.6 Å². The first-order chi connectivity index (χ1) is 18.7. The van der Waals surface area contributed by atoms with E-state index in [1.165, 1.54) is 10.6 Å². The van der Waals surface area contributed by atoms with Crippen LogP contribution in [-0.4, -0.2) is 27.8 Å². The fourth-order valence-corrected chi connectivity index (χ4v) is 5.97. The Balaban J connectivity index is 1.32. The third kappa shape index (κ3) is 4.87. The molecule has 1 saturated carbocycles. The molecule has 1 spiro atoms. The van der Waals surface area contributed by atoms with Crippen LogP contribution in [0.15, 0.2) is 64.7 Å². The van der Waals surface area contributed by atoms with E-state index >= 15 is 0 Å². The largest absolute Gasteiger partial charge is 0.341 e. The van der Waals surface area contributed by atoms with Crippen molar-refractivity contribution in [3.63, 3.8) is 0 Å². The number of benzene rings is 2. The third-order valence-electron chi connectivity index (χ3n) is 8.13. The molecule has 1 unspecified atom stereocenters. The van der Waals surface area contributed by atoms with Gasteiger partial charge in [0.1, 0.15) is 0 Å². The molecule has 3 aromatic rings. The number of carbonyl (C=O) groups excluding carboxylic acids is 3. The topological polar surface area (TPSA) is 94.8 Å². The molecule has 1 fully saturated rings. The van der Waals surface area contributed by atoms with Gasteiger partial charge in [0.2, 0.25) is 0 Å². The van der Waals surface area contributed by atoms with Gasteiger partial charge in [-0.2, -0.15) is 0 Å². The Kier molecular flexibility index (Phi) is 6.34. The summed E-state index contributed by atoms with van der Waals surface area (Å²) in [6.45, 7) is 1.86. The van der Waals surface area contributed by atoms with Gasteiger partial charge in [-0.05, 0) is 71.0 Å². The Morgan fingerprint density at radius 2 is 1.79 bits per heavy atom. The third-order valence-corrected chi connectivity index (χ3v) is 8.37. The molecule has 0 radical (unpaired) electrons. The number of aromatic nitrogens is 1. The lowest BCUT2D eigenvalue weighted by Crippen LogP contribution is -2.31. The van der Waals surface area contributed by atoms with Crippen molar-refractivity contribution in [3.05, 3.63) is 92.4 Å². The first-order valence-corrected chi connectivity index (χ1v) is 13.6. The van der Waals surface area contributed by atoms with E-state index in [1.54, 1.807) is 18.3 Å². The summed E-state index contributed by atoms with van der Waals surface area (Å²) in [6.07, 6.45) is 5.47. The number of nitrogens with zero attached hydrogens (tertiary/aromatic N) is 2. The van der Waals surface area contributed by atoms with Crippen LogP contribution in [0, 0.1) is 5.41 Å². The molecule has 198 valence electrons. The number of ketones is 2. The molecule has 2 heterocycles. The molecule has 0 bridgehead atoms. The molecule has 8 heteroatoms. The van der Waals surface area contributed by atoms with Crippen molar-refractivity contribution in [2.75, 3.05) is 0 Å². The highest BCUT2D eigenvalue weighted by Gasteiger charge is 2.46. The maximum Gasteiger partial charge on any atom is 0.341 e. The van der Waals surface area contributed by atoms with Crippen LogP contribution in [0.25, 0.3) is 11.1 Å². The lowest BCUT2D eigenvalue weighted by atomic mass is 9.81. The first kappa shape index (κ1) is 25.4. The molecule has 7 nitrogen and oxygen atoms in total. The van der Waals surface area contributed by atoms with Crippen LogP contribution in [-0.2, 0) is 27.3 Å². The highest BCUT2D eigenvalue weighted by atomic mass is 35.5. The van der Waals surface area contributed by atoms with Crippen LogP contribution in [0.3, 0.4) is 0 Å². The number of Topliss-reactive ketones (excluding diaryl/α,β-unsaturated/α-hetero) is 2. The second-order valence-electron chi connectivity index (χ2n) is 10.9. The second kappa shape index (κ2) is 9.72. The van der Waals surface area contributed by atoms with Crippen molar-refractivity contribution in [1.29, 1.82) is 0 Å². The first-order valence-electron chi connectivity index (χ1n) is 13.2. The molecule has 6 rings (SSSR count). The smallest absolute Gasteiger partial charge is 0.318 e. The van der Waals surface area contributed by atoms with Crippen molar-refractivity contribution >= 4 is 34.8 Å². The average molecular weight is 543 g/mol. The predicted molar refractivity (Wildman–Crippen MR) is 147 cm³/mol. The Morgan fingerprint density at radius 3 is 2.46 bits per heavy atom. The zero-order valence-electron chi connectivity index (χ0n) is 21.5. The molecule has 2 aliphatic carbocycles. The van der Waals surface area contributed by atoms with Gasteiger partial charge in [0.15, 0.2) is 11.6 Å². The predicted octanol–water partition coefficient (Wildman–Crippen LogP) is 5.49. The maximum atomic E-state index is 13.5. The van der Waals surface area contributed by atoms with E-state index in [-0.39, 0.29) is 35.4 Å². The summed E-state index contributed by atoms with van der Waals surface area (Å²) in [5.74, 6) is -0.518. The van der Waals surface area contributed by atoms with Crippen LogP contribution < -0.4 is 5.56 Å². The normalized spacial score (nSPS) is 17.9. The average Bonchev–Trinajstić information content (AvgIpc) is 3.52. The minimum Gasteiger partial charge on any atom is -0.318 e. The number of hydrogen-bond acceptors (Lipinski definition) is 6. The molecule has 1 aromatic heterocycles. The molecule has 2 aromatic carbocycles. The van der Waals surface area contributed by atoms with Gasteiger partial charge in [0.25, 0.3) is 5.56 Å². The molecule has 39 heavy (non-hydrogen) atoms. The van der Waals surface area contributed by atoms with Crippen molar-refractivity contribution in [2.45, 2.75) is 57.9 Å². The van der Waals surface area contributed by atoms with E-state index in [9.17, 15) is 19.2 Å². The van der Waals surface area contributed by atoms with Gasteiger partial charge in [0, 0.05) is 35.7 Å². The number of fused-ring (bicyclic) bond motifs is 3. The summed E-state index contributed by atoms with van der Waals surface area (Å²) in [4.78, 5) is 56.4. The number of rotatable bonds is 6. The summed E-state index contributed by atoms with van der Waals surface area (Å²) in [6, 6.07) is 13.7. The Labute approximate surface area is 230 Å². The monoisotopic (exact) mass is 542 g/mol. The number of hydrogen-bond donors (Lipinski definition) is 0. The Bertz CT molecular complexity index is 1610. The highest BCUT2D eigenvalue weighted by molar-refractivity contribution is 6.31. The number of halogens is 1. The molecule has 1 aliphatic heterocycles. The van der Waals surface area contributed by atoms with E-state index in [1.807, 2.05) is 37.3 Å². The molecule has 1 atom stereocenters. The fourth-order valence-electron chi connectivity index (χ4n) is 5.80. The molecule has 0 N–H and O–H groups in total. The fraction of sp³-hybridized carbons (Fsp3) is 0.323. The van der Waals surface area contributed by atoms with E-state index in [2.05, 4.69) is 9.99 Å². The van der Waals surface area contributed by atoms with Crippen molar-refractivity contribution in [3.8, 4) is 11.1 Å². The second-order valence-corrected chi connectivity index (χ2v) is 11.3. The summed E-state index contributed by atoms with van der Waals surface area (Å²) < 4.78 is 1.43. The minimum atomic E-state index is -0.709. The van der Waals surface area contributed by atoms with Gasteiger partial charge in [-0.1, -0.05) is 54.0 Å². The van der Waals surface area contributed by atoms with E-state index in [0.29, 0.717) is 34.7 Å². The van der Waals surface area contributed by atoms with E-state index in [4.69, 9.17) is 11.6 Å². The van der Waals surface area contributed by atoms with Crippen molar-refractivity contribution in [1.82, 2.24) is 4.57 Å². The molecule has 0 saturated heterocycles. The van der Waals surface area contributed by atoms with Gasteiger partial charge >= 0.3 is 5.97 Å². The molecular weight excluding hydrogens is 516 g/mol. The maximum absolute atomic E-state index is 13.5. The van der Waals surface area contributed by atoms with Gasteiger partial charge in [0.05, 0.1) is 18.2 Å². The summed E-state index contributed by atoms with van der Waals surface area (Å²) in [5.41, 5.74) is 4.70. The Hall–Kier alpha value is -3.84. The summed E-state index contributed by atoms with van der Waals surface area (Å²) in [5, 5.41) is 4.33. The zero-order chi connectivity index (χ0) is 27.3. The zero-order valence-corrected chi connectivity index (χ0v) is 22.3. The standard InChI is InChI=1S/C31H27ClN2O5/c1-2-26(27(35)11-18-3-5-19(6-4-18)25-14-30(38)39-33-25)34-17-24-23(13-29(34)37)22-12-21(32)8-7-20(22)15-31(9-10-31)16-28(24)36/h3-8,12-13,17,26H,2,9-11,14-16H2,1H3. The molecular formula is C31H27ClN2O5. The minimum absolute atomic E-state index is 0.00273. The van der Waals surface area contributed by atoms with Gasteiger partial charge in [-0.3, -0.25) is 14.4 Å². The Morgan fingerprint density at radius 1 is 1.03 bits per heavy atom. The molecule has 0 amide bonds. The number of oxime groups is 1. The van der Waals surface area contributed by atoms with Gasteiger partial charge in [-0.15, -0.1) is 0 Å². The number of carbonyl (C=O) groups is 3. The quantitative estimate of drug-likeness (QED) is 0.384. The van der Waals surface area contributed by atoms with Crippen LogP contribution >= 0.6 is 11.6 Å². The van der Waals surface area contributed by atoms with Crippen molar-refractivity contribution < 1.29 is 19.2 Å². The van der Waals surface area contributed by atoms with Crippen LogP contribution in [0.1, 0.15) is 72.1 Å².